The Kier molecular flexibility index (Phi) is 1.64. The van der Waals surface area contributed by atoms with Crippen LogP contribution in [0.2, 0.25) is 0 Å². The summed E-state index contributed by atoms with van der Waals surface area (Å²) in [6.45, 7) is 0. The molecule has 0 heterocycles. The average Bonchev–Trinajstić information content (AvgIpc) is 1.97. The van der Waals surface area contributed by atoms with Crippen molar-refractivity contribution in [1.82, 2.24) is 0 Å². The fourth-order valence-electron chi connectivity index (χ4n) is 0.610. The summed E-state index contributed by atoms with van der Waals surface area (Å²) in [5, 5.41) is 8.54. The van der Waals surface area contributed by atoms with Gasteiger partial charge in [-0.1, -0.05) is 0 Å². The van der Waals surface area contributed by atoms with Crippen molar-refractivity contribution in [3.05, 3.63) is 23.5 Å². The molecule has 0 fully saturated rings. The monoisotopic (exact) mass is 163 g/mol. The highest BCUT2D eigenvalue weighted by atomic mass is 19.2. The molecule has 0 saturated carbocycles. The molecule has 0 bridgehead atoms. The maximum absolute atomic E-state index is 12.3. The molecule has 0 saturated heterocycles. The van der Waals surface area contributed by atoms with Crippen molar-refractivity contribution in [3.63, 3.8) is 0 Å². The molecule has 0 aromatic heterocycles. The SMILES string of the molecule is Nc1cc(O)c(F)c(F)c1F. The Morgan fingerprint density at radius 3 is 2.18 bits per heavy atom. The second-order valence-corrected chi connectivity index (χ2v) is 1.93. The molecular weight excluding hydrogens is 159 g/mol. The maximum Gasteiger partial charge on any atom is 0.203 e. The van der Waals surface area contributed by atoms with Gasteiger partial charge in [-0.3, -0.25) is 0 Å². The van der Waals surface area contributed by atoms with Gasteiger partial charge in [0.25, 0.3) is 0 Å². The predicted octanol–water partition coefficient (Wildman–Crippen LogP) is 1.39. The van der Waals surface area contributed by atoms with E-state index in [4.69, 9.17) is 10.8 Å². The molecule has 0 radical (unpaired) electrons. The topological polar surface area (TPSA) is 46.2 Å². The minimum absolute atomic E-state index is 0.605. The highest BCUT2D eigenvalue weighted by Crippen LogP contribution is 2.25. The highest BCUT2D eigenvalue weighted by Gasteiger charge is 2.15. The number of anilines is 1. The molecule has 1 rings (SSSR count). The van der Waals surface area contributed by atoms with Gasteiger partial charge in [-0.2, -0.15) is 4.39 Å². The van der Waals surface area contributed by atoms with E-state index in [1.807, 2.05) is 0 Å². The predicted molar refractivity (Wildman–Crippen MR) is 32.4 cm³/mol. The first kappa shape index (κ1) is 7.71. The largest absolute Gasteiger partial charge is 0.505 e. The number of phenols is 1. The maximum atomic E-state index is 12.3. The zero-order valence-corrected chi connectivity index (χ0v) is 5.24. The van der Waals surface area contributed by atoms with Crippen molar-refractivity contribution < 1.29 is 18.3 Å². The lowest BCUT2D eigenvalue weighted by atomic mass is 10.2. The van der Waals surface area contributed by atoms with Crippen LogP contribution in [0.1, 0.15) is 0 Å². The number of halogens is 3. The summed E-state index contributed by atoms with van der Waals surface area (Å²) in [5.74, 6) is -5.87. The van der Waals surface area contributed by atoms with Gasteiger partial charge in [0.2, 0.25) is 5.82 Å². The molecule has 0 atom stereocenters. The van der Waals surface area contributed by atoms with E-state index in [0.29, 0.717) is 6.07 Å². The Balaban J connectivity index is 3.46. The normalized spacial score (nSPS) is 10.1. The number of nitrogen functional groups attached to an aromatic ring is 1. The molecule has 11 heavy (non-hydrogen) atoms. The summed E-state index contributed by atoms with van der Waals surface area (Å²) in [6.07, 6.45) is 0. The smallest absolute Gasteiger partial charge is 0.203 e. The fourth-order valence-corrected chi connectivity index (χ4v) is 0.610. The van der Waals surface area contributed by atoms with Crippen LogP contribution in [0.25, 0.3) is 0 Å². The van der Waals surface area contributed by atoms with E-state index in [1.165, 1.54) is 0 Å². The van der Waals surface area contributed by atoms with Crippen molar-refractivity contribution in [2.24, 2.45) is 0 Å². The molecule has 1 aromatic carbocycles. The van der Waals surface area contributed by atoms with E-state index in [9.17, 15) is 13.2 Å². The van der Waals surface area contributed by atoms with Gasteiger partial charge in [-0.25, -0.2) is 8.78 Å². The molecule has 60 valence electrons. The Morgan fingerprint density at radius 1 is 1.09 bits per heavy atom. The van der Waals surface area contributed by atoms with E-state index < -0.39 is 28.9 Å². The lowest BCUT2D eigenvalue weighted by Gasteiger charge is -2.00. The number of aromatic hydroxyl groups is 1. The summed E-state index contributed by atoms with van der Waals surface area (Å²) in [5.41, 5.74) is 4.23. The third-order valence-corrected chi connectivity index (χ3v) is 1.16. The second kappa shape index (κ2) is 2.34. The molecule has 5 heteroatoms. The third kappa shape index (κ3) is 1.09. The Bertz CT molecular complexity index is 274. The molecule has 0 spiro atoms. The fraction of sp³-hybridized carbons (Fsp3) is 0. The Morgan fingerprint density at radius 2 is 1.64 bits per heavy atom. The minimum atomic E-state index is -1.76. The van der Waals surface area contributed by atoms with Crippen LogP contribution in [-0.4, -0.2) is 5.11 Å². The second-order valence-electron chi connectivity index (χ2n) is 1.93. The van der Waals surface area contributed by atoms with Crippen LogP contribution >= 0.6 is 0 Å². The van der Waals surface area contributed by atoms with Gasteiger partial charge in [-0.15, -0.1) is 0 Å². The highest BCUT2D eigenvalue weighted by molar-refractivity contribution is 5.46. The molecule has 0 aliphatic heterocycles. The zero-order chi connectivity index (χ0) is 8.59. The summed E-state index contributed by atoms with van der Waals surface area (Å²) in [7, 11) is 0. The number of rotatable bonds is 0. The lowest BCUT2D eigenvalue weighted by Crippen LogP contribution is -1.97. The third-order valence-electron chi connectivity index (χ3n) is 1.16. The average molecular weight is 163 g/mol. The van der Waals surface area contributed by atoms with Crippen molar-refractivity contribution in [2.75, 3.05) is 5.73 Å². The molecule has 0 unspecified atom stereocenters. The van der Waals surface area contributed by atoms with Crippen molar-refractivity contribution in [2.45, 2.75) is 0 Å². The van der Waals surface area contributed by atoms with E-state index >= 15 is 0 Å². The van der Waals surface area contributed by atoms with E-state index in [0.717, 1.165) is 0 Å². The van der Waals surface area contributed by atoms with Crippen molar-refractivity contribution in [1.29, 1.82) is 0 Å². The first-order valence-electron chi connectivity index (χ1n) is 2.66. The van der Waals surface area contributed by atoms with Gasteiger partial charge in [0, 0.05) is 6.07 Å². The first-order chi connectivity index (χ1) is 5.04. The summed E-state index contributed by atoms with van der Waals surface area (Å²) < 4.78 is 36.8. The van der Waals surface area contributed by atoms with Gasteiger partial charge in [0.15, 0.2) is 17.4 Å². The molecule has 0 amide bonds. The van der Waals surface area contributed by atoms with Crippen molar-refractivity contribution in [3.8, 4) is 5.75 Å². The summed E-state index contributed by atoms with van der Waals surface area (Å²) >= 11 is 0. The van der Waals surface area contributed by atoms with Crippen LogP contribution in [0, 0.1) is 17.5 Å². The van der Waals surface area contributed by atoms with E-state index in [2.05, 4.69) is 0 Å². The van der Waals surface area contributed by atoms with Gasteiger partial charge >= 0.3 is 0 Å². The van der Waals surface area contributed by atoms with Crippen LogP contribution in [-0.2, 0) is 0 Å². The first-order valence-corrected chi connectivity index (χ1v) is 2.66. The minimum Gasteiger partial charge on any atom is -0.505 e. The van der Waals surface area contributed by atoms with E-state index in [-0.39, 0.29) is 0 Å². The standard InChI is InChI=1S/C6H4F3NO/c7-4-2(10)1-3(11)5(8)6(4)9/h1,11H,10H2. The van der Waals surface area contributed by atoms with Crippen molar-refractivity contribution >= 4 is 5.69 Å². The van der Waals surface area contributed by atoms with Gasteiger partial charge in [-0.05, 0) is 0 Å². The number of hydrogen-bond acceptors (Lipinski definition) is 2. The molecule has 0 aliphatic carbocycles. The lowest BCUT2D eigenvalue weighted by molar-refractivity contribution is 0.388. The molecule has 1 aromatic rings. The number of nitrogens with two attached hydrogens (primary N) is 1. The van der Waals surface area contributed by atoms with Crippen LogP contribution < -0.4 is 5.73 Å². The summed E-state index contributed by atoms with van der Waals surface area (Å²) in [6, 6.07) is 0.605. The zero-order valence-electron chi connectivity index (χ0n) is 5.24. The van der Waals surface area contributed by atoms with E-state index in [1.54, 1.807) is 0 Å². The Labute approximate surface area is 60.1 Å². The molecule has 3 N–H and O–H groups in total. The quantitative estimate of drug-likeness (QED) is 0.448. The molecular formula is C6H4F3NO. The molecule has 0 aliphatic rings. The van der Waals surface area contributed by atoms with Crippen LogP contribution in [0.3, 0.4) is 0 Å². The Hall–Kier alpha value is -1.39. The number of phenolic OH excluding ortho intramolecular Hbond substituents is 1. The number of benzene rings is 1. The molecule has 2 nitrogen and oxygen atoms in total. The van der Waals surface area contributed by atoms with Crippen LogP contribution in [0.15, 0.2) is 6.07 Å². The number of hydrogen-bond donors (Lipinski definition) is 2. The van der Waals surface area contributed by atoms with Gasteiger partial charge in [0.1, 0.15) is 0 Å². The van der Waals surface area contributed by atoms with Gasteiger partial charge in [0.05, 0.1) is 5.69 Å². The van der Waals surface area contributed by atoms with Crippen LogP contribution in [0.4, 0.5) is 18.9 Å². The summed E-state index contributed by atoms with van der Waals surface area (Å²) in [4.78, 5) is 0. The van der Waals surface area contributed by atoms with Crippen LogP contribution in [0.5, 0.6) is 5.75 Å². The van der Waals surface area contributed by atoms with Gasteiger partial charge < -0.3 is 10.8 Å².